The fraction of sp³-hybridized carbons (Fsp3) is 0.188. The molecule has 0 aliphatic rings. The monoisotopic (exact) mass is 381 g/mol. The summed E-state index contributed by atoms with van der Waals surface area (Å²) in [5, 5.41) is 0. The first-order chi connectivity index (χ1) is 9.58. The van der Waals surface area contributed by atoms with Crippen molar-refractivity contribution in [3.63, 3.8) is 0 Å². The number of carbonyl (C=O) groups is 1. The Hall–Kier alpha value is -1.56. The lowest BCUT2D eigenvalue weighted by Crippen LogP contribution is -2.21. The molecule has 2 rings (SSSR count). The molecule has 0 aliphatic heterocycles. The summed E-state index contributed by atoms with van der Waals surface area (Å²) in [6, 6.07) is 15.5. The molecule has 1 amide bonds. The minimum atomic E-state index is -0.00229. The molecule has 0 N–H and O–H groups in total. The summed E-state index contributed by atoms with van der Waals surface area (Å²) < 4.78 is 6.72. The molecule has 0 fully saturated rings. The van der Waals surface area contributed by atoms with E-state index in [4.69, 9.17) is 4.74 Å². The van der Waals surface area contributed by atoms with E-state index in [1.165, 1.54) is 0 Å². The largest absolute Gasteiger partial charge is 0.488 e. The Balaban J connectivity index is 2.08. The van der Waals surface area contributed by atoms with E-state index in [-0.39, 0.29) is 5.91 Å². The van der Waals surface area contributed by atoms with Gasteiger partial charge in [-0.3, -0.25) is 4.79 Å². The molecule has 0 saturated heterocycles. The summed E-state index contributed by atoms with van der Waals surface area (Å²) in [4.78, 5) is 13.4. The number of rotatable bonds is 4. The van der Waals surface area contributed by atoms with Crippen LogP contribution in [0, 0.1) is 3.57 Å². The third kappa shape index (κ3) is 3.72. The van der Waals surface area contributed by atoms with Gasteiger partial charge < -0.3 is 9.64 Å². The van der Waals surface area contributed by atoms with Gasteiger partial charge in [0.05, 0.1) is 3.57 Å². The van der Waals surface area contributed by atoms with Crippen LogP contribution in [0.5, 0.6) is 5.75 Å². The Bertz CT molecular complexity index is 597. The van der Waals surface area contributed by atoms with Gasteiger partial charge in [-0.2, -0.15) is 0 Å². The van der Waals surface area contributed by atoms with Gasteiger partial charge >= 0.3 is 0 Å². The molecule has 0 saturated carbocycles. The molecule has 0 aromatic heterocycles. The van der Waals surface area contributed by atoms with Crippen LogP contribution in [-0.4, -0.2) is 24.9 Å². The van der Waals surface area contributed by atoms with Gasteiger partial charge in [0, 0.05) is 19.7 Å². The zero-order valence-electron chi connectivity index (χ0n) is 11.5. The fourth-order valence-electron chi connectivity index (χ4n) is 1.74. The van der Waals surface area contributed by atoms with Crippen LogP contribution in [0.15, 0.2) is 48.5 Å². The second kappa shape index (κ2) is 6.74. The number of benzene rings is 2. The highest BCUT2D eigenvalue weighted by atomic mass is 127. The van der Waals surface area contributed by atoms with Crippen LogP contribution in [0.25, 0.3) is 0 Å². The lowest BCUT2D eigenvalue weighted by atomic mass is 10.2. The van der Waals surface area contributed by atoms with Crippen molar-refractivity contribution < 1.29 is 9.53 Å². The van der Waals surface area contributed by atoms with Crippen molar-refractivity contribution >= 4 is 28.5 Å². The Kier molecular flexibility index (Phi) is 5.00. The lowest BCUT2D eigenvalue weighted by molar-refractivity contribution is 0.0827. The van der Waals surface area contributed by atoms with Gasteiger partial charge in [-0.05, 0) is 46.4 Å². The molecule has 0 radical (unpaired) electrons. The highest BCUT2D eigenvalue weighted by Crippen LogP contribution is 2.23. The van der Waals surface area contributed by atoms with Crippen LogP contribution in [0.1, 0.15) is 15.9 Å². The smallest absolute Gasteiger partial charge is 0.253 e. The van der Waals surface area contributed by atoms with Crippen molar-refractivity contribution in [3.05, 3.63) is 63.2 Å². The maximum Gasteiger partial charge on any atom is 0.253 e. The van der Waals surface area contributed by atoms with Crippen LogP contribution in [-0.2, 0) is 6.61 Å². The second-order valence-electron chi connectivity index (χ2n) is 4.62. The normalized spacial score (nSPS) is 10.2. The number of hydrogen-bond acceptors (Lipinski definition) is 2. The van der Waals surface area contributed by atoms with Crippen molar-refractivity contribution in [2.45, 2.75) is 6.61 Å². The zero-order valence-corrected chi connectivity index (χ0v) is 13.6. The maximum atomic E-state index is 11.9. The van der Waals surface area contributed by atoms with Crippen molar-refractivity contribution in [2.75, 3.05) is 14.1 Å². The number of halogens is 1. The van der Waals surface area contributed by atoms with E-state index >= 15 is 0 Å². The quantitative estimate of drug-likeness (QED) is 0.758. The van der Waals surface area contributed by atoms with Crippen LogP contribution in [0.3, 0.4) is 0 Å². The van der Waals surface area contributed by atoms with E-state index in [9.17, 15) is 4.79 Å². The van der Waals surface area contributed by atoms with Crippen LogP contribution in [0.2, 0.25) is 0 Å². The molecule has 3 nitrogen and oxygen atoms in total. The third-order valence-corrected chi connectivity index (χ3v) is 3.67. The lowest BCUT2D eigenvalue weighted by Gasteiger charge is -2.12. The summed E-state index contributed by atoms with van der Waals surface area (Å²) in [6.45, 7) is 0.526. The molecule has 0 bridgehead atoms. The number of carbonyl (C=O) groups excluding carboxylic acids is 1. The molecule has 0 spiro atoms. The average molecular weight is 381 g/mol. The van der Waals surface area contributed by atoms with Gasteiger partial charge in [-0.1, -0.05) is 30.3 Å². The molecular weight excluding hydrogens is 365 g/mol. The first-order valence-electron chi connectivity index (χ1n) is 6.26. The molecule has 0 aliphatic carbocycles. The SMILES string of the molecule is CN(C)C(=O)c1ccc(OCc2ccccc2)c(I)c1. The Morgan fingerprint density at radius 3 is 2.45 bits per heavy atom. The Morgan fingerprint density at radius 2 is 1.85 bits per heavy atom. The summed E-state index contributed by atoms with van der Waals surface area (Å²) in [7, 11) is 3.49. The van der Waals surface area contributed by atoms with E-state index < -0.39 is 0 Å². The topological polar surface area (TPSA) is 29.5 Å². The van der Waals surface area contributed by atoms with Crippen LogP contribution in [0.4, 0.5) is 0 Å². The highest BCUT2D eigenvalue weighted by molar-refractivity contribution is 14.1. The predicted octanol–water partition coefficient (Wildman–Crippen LogP) is 3.57. The summed E-state index contributed by atoms with van der Waals surface area (Å²) in [5.41, 5.74) is 1.79. The van der Waals surface area contributed by atoms with Gasteiger partial charge in [-0.25, -0.2) is 0 Å². The van der Waals surface area contributed by atoms with Gasteiger partial charge in [0.25, 0.3) is 5.91 Å². The molecule has 2 aromatic rings. The van der Waals surface area contributed by atoms with Gasteiger partial charge in [0.1, 0.15) is 12.4 Å². The molecule has 2 aromatic carbocycles. The van der Waals surface area contributed by atoms with Gasteiger partial charge in [-0.15, -0.1) is 0 Å². The van der Waals surface area contributed by atoms with Crippen molar-refractivity contribution in [3.8, 4) is 5.75 Å². The number of ether oxygens (including phenoxy) is 1. The molecule has 0 unspecified atom stereocenters. The standard InChI is InChI=1S/C16H16INO2/c1-18(2)16(19)13-8-9-15(14(17)10-13)20-11-12-6-4-3-5-7-12/h3-10H,11H2,1-2H3. The number of amides is 1. The van der Waals surface area contributed by atoms with Crippen molar-refractivity contribution in [1.29, 1.82) is 0 Å². The van der Waals surface area contributed by atoms with Crippen LogP contribution >= 0.6 is 22.6 Å². The molecule has 0 atom stereocenters. The number of hydrogen-bond donors (Lipinski definition) is 0. The zero-order chi connectivity index (χ0) is 14.5. The van der Waals surface area contributed by atoms with E-state index in [0.29, 0.717) is 12.2 Å². The fourth-order valence-corrected chi connectivity index (χ4v) is 2.42. The van der Waals surface area contributed by atoms with E-state index in [0.717, 1.165) is 14.9 Å². The van der Waals surface area contributed by atoms with Crippen LogP contribution < -0.4 is 4.74 Å². The minimum Gasteiger partial charge on any atom is -0.488 e. The Labute approximate surface area is 132 Å². The highest BCUT2D eigenvalue weighted by Gasteiger charge is 2.10. The van der Waals surface area contributed by atoms with Gasteiger partial charge in [0.15, 0.2) is 0 Å². The molecule has 20 heavy (non-hydrogen) atoms. The van der Waals surface area contributed by atoms with E-state index in [1.807, 2.05) is 42.5 Å². The summed E-state index contributed by atoms with van der Waals surface area (Å²) in [5.74, 6) is 0.794. The molecule has 104 valence electrons. The average Bonchev–Trinajstić information content (AvgIpc) is 2.46. The van der Waals surface area contributed by atoms with E-state index in [1.54, 1.807) is 25.1 Å². The maximum absolute atomic E-state index is 11.9. The number of nitrogens with zero attached hydrogens (tertiary/aromatic N) is 1. The van der Waals surface area contributed by atoms with Crippen molar-refractivity contribution in [1.82, 2.24) is 4.90 Å². The third-order valence-electron chi connectivity index (χ3n) is 2.82. The molecular formula is C16H16INO2. The summed E-state index contributed by atoms with van der Waals surface area (Å²) in [6.07, 6.45) is 0. The first kappa shape index (κ1) is 14.8. The molecule has 0 heterocycles. The molecule has 4 heteroatoms. The minimum absolute atomic E-state index is 0.00229. The van der Waals surface area contributed by atoms with Crippen molar-refractivity contribution in [2.24, 2.45) is 0 Å². The summed E-state index contributed by atoms with van der Waals surface area (Å²) >= 11 is 2.19. The predicted molar refractivity (Wildman–Crippen MR) is 88.0 cm³/mol. The van der Waals surface area contributed by atoms with Gasteiger partial charge in [0.2, 0.25) is 0 Å². The first-order valence-corrected chi connectivity index (χ1v) is 7.33. The Morgan fingerprint density at radius 1 is 1.15 bits per heavy atom. The van der Waals surface area contributed by atoms with E-state index in [2.05, 4.69) is 22.6 Å². The second-order valence-corrected chi connectivity index (χ2v) is 5.78.